The number of rotatable bonds is 3. The van der Waals surface area contributed by atoms with Gasteiger partial charge in [0.2, 0.25) is 0 Å². The molecule has 1 spiro atoms. The van der Waals surface area contributed by atoms with E-state index in [1.165, 1.54) is 23.3 Å². The number of nitrogens with zero attached hydrogens (tertiary/aromatic N) is 1. The summed E-state index contributed by atoms with van der Waals surface area (Å²) in [5.41, 5.74) is 7.78. The zero-order valence-corrected chi connectivity index (χ0v) is 17.9. The summed E-state index contributed by atoms with van der Waals surface area (Å²) in [4.78, 5) is 1.59. The summed E-state index contributed by atoms with van der Waals surface area (Å²) in [5, 5.41) is 2.30. The van der Waals surface area contributed by atoms with Gasteiger partial charge >= 0.3 is 0 Å². The molecule has 0 aliphatic carbocycles. The van der Waals surface area contributed by atoms with Crippen molar-refractivity contribution in [2.45, 2.75) is 31.2 Å². The zero-order chi connectivity index (χ0) is 21.5. The fraction of sp³-hybridized carbons (Fsp3) is 0.259. The molecule has 1 unspecified atom stereocenters. The normalized spacial score (nSPS) is 26.6. The van der Waals surface area contributed by atoms with E-state index in [9.17, 15) is 4.39 Å². The highest BCUT2D eigenvalue weighted by atomic mass is 19.1. The molecule has 32 heavy (non-hydrogen) atoms. The third-order valence-corrected chi connectivity index (χ3v) is 7.01. The van der Waals surface area contributed by atoms with Gasteiger partial charge in [-0.1, -0.05) is 48.5 Å². The molecule has 0 bridgehead atoms. The number of hydrogen-bond donors (Lipinski definition) is 2. The monoisotopic (exact) mass is 428 g/mol. The molecule has 1 fully saturated rings. The van der Waals surface area contributed by atoms with Gasteiger partial charge in [-0.05, 0) is 42.0 Å². The Labute approximate surface area is 187 Å². The van der Waals surface area contributed by atoms with Crippen molar-refractivity contribution in [3.63, 3.8) is 0 Å². The van der Waals surface area contributed by atoms with E-state index in [1.54, 1.807) is 4.90 Å². The largest absolute Gasteiger partial charge is 0.470 e. The Hall–Kier alpha value is -3.15. The molecule has 2 N–H and O–H groups in total. The predicted molar refractivity (Wildman–Crippen MR) is 122 cm³/mol. The maximum atomic E-state index is 13.5. The topological polar surface area (TPSA) is 28.9 Å². The van der Waals surface area contributed by atoms with Gasteiger partial charge in [0.05, 0.1) is 37.7 Å². The molecule has 5 heteroatoms. The first-order chi connectivity index (χ1) is 15.7. The molecule has 3 aliphatic rings. The zero-order valence-electron chi connectivity index (χ0n) is 17.9. The second-order valence-corrected chi connectivity index (χ2v) is 9.01. The van der Waals surface area contributed by atoms with Crippen LogP contribution in [0.5, 0.6) is 5.75 Å². The number of fused-ring (bicyclic) bond motifs is 4. The van der Waals surface area contributed by atoms with Crippen LogP contribution < -0.4 is 15.1 Å². The Kier molecular flexibility index (Phi) is 4.74. The van der Waals surface area contributed by atoms with E-state index in [0.717, 1.165) is 49.5 Å². The van der Waals surface area contributed by atoms with Crippen molar-refractivity contribution in [3.8, 4) is 5.75 Å². The lowest BCUT2D eigenvalue weighted by Gasteiger charge is -2.50. The van der Waals surface area contributed by atoms with Crippen molar-refractivity contribution in [3.05, 3.63) is 107 Å². The molecule has 4 nitrogen and oxygen atoms in total. The van der Waals surface area contributed by atoms with Crippen LogP contribution in [0.1, 0.15) is 35.6 Å². The number of quaternary nitrogens is 1. The van der Waals surface area contributed by atoms with Crippen molar-refractivity contribution in [1.82, 2.24) is 10.4 Å². The number of ether oxygens (including phenoxy) is 1. The van der Waals surface area contributed by atoms with Gasteiger partial charge in [-0.3, -0.25) is 0 Å². The Bertz CT molecular complexity index is 1140. The first-order valence-corrected chi connectivity index (χ1v) is 11.4. The predicted octanol–water partition coefficient (Wildman–Crippen LogP) is 3.70. The van der Waals surface area contributed by atoms with Crippen LogP contribution >= 0.6 is 0 Å². The van der Waals surface area contributed by atoms with Gasteiger partial charge in [0, 0.05) is 11.1 Å². The maximum absolute atomic E-state index is 13.5. The second-order valence-electron chi connectivity index (χ2n) is 9.01. The Morgan fingerprint density at radius 3 is 2.44 bits per heavy atom. The summed E-state index contributed by atoms with van der Waals surface area (Å²) in [7, 11) is 0. The summed E-state index contributed by atoms with van der Waals surface area (Å²) >= 11 is 0. The van der Waals surface area contributed by atoms with E-state index in [1.807, 2.05) is 18.2 Å². The fourth-order valence-corrected chi connectivity index (χ4v) is 5.31. The lowest BCUT2D eigenvalue weighted by atomic mass is 9.92. The van der Waals surface area contributed by atoms with E-state index < -0.39 is 5.72 Å². The van der Waals surface area contributed by atoms with Crippen LogP contribution in [-0.2, 0) is 6.54 Å². The van der Waals surface area contributed by atoms with Gasteiger partial charge in [-0.15, -0.1) is 0 Å². The number of piperidine rings is 1. The lowest BCUT2D eigenvalue weighted by Crippen LogP contribution is -3.12. The third-order valence-electron chi connectivity index (χ3n) is 7.01. The standard InChI is InChI=1S/C27H26FN3O/c28-22-12-10-21(11-13-22)24-18-25-23-8-4-5-9-26(23)32-27(31(25)29-24)14-16-30(17-15-27)19-20-6-2-1-3-7-20/h1-13,18,25,29H,14-17,19H2/p+1. The smallest absolute Gasteiger partial charge is 0.191 e. The van der Waals surface area contributed by atoms with Gasteiger partial charge in [0.1, 0.15) is 18.1 Å². The van der Waals surface area contributed by atoms with Crippen LogP contribution in [-0.4, -0.2) is 23.8 Å². The van der Waals surface area contributed by atoms with Crippen molar-refractivity contribution in [1.29, 1.82) is 0 Å². The molecule has 0 saturated carbocycles. The minimum Gasteiger partial charge on any atom is -0.470 e. The highest BCUT2D eigenvalue weighted by molar-refractivity contribution is 5.67. The third kappa shape index (κ3) is 3.38. The first-order valence-electron chi connectivity index (χ1n) is 11.4. The molecular formula is C27H27FN3O+. The van der Waals surface area contributed by atoms with E-state index in [0.29, 0.717) is 0 Å². The van der Waals surface area contributed by atoms with Gasteiger partial charge in [-0.25, -0.2) is 4.39 Å². The number of para-hydroxylation sites is 1. The van der Waals surface area contributed by atoms with Crippen LogP contribution in [0.3, 0.4) is 0 Å². The lowest BCUT2D eigenvalue weighted by molar-refractivity contribution is -0.921. The molecule has 3 aromatic carbocycles. The molecule has 3 aliphatic heterocycles. The number of halogens is 1. The van der Waals surface area contributed by atoms with E-state index in [4.69, 9.17) is 4.74 Å². The number of benzene rings is 3. The van der Waals surface area contributed by atoms with Crippen LogP contribution in [0, 0.1) is 5.82 Å². The summed E-state index contributed by atoms with van der Waals surface area (Å²) in [6, 6.07) is 25.8. The van der Waals surface area contributed by atoms with Crippen LogP contribution in [0.2, 0.25) is 0 Å². The minimum absolute atomic E-state index is 0.0932. The average molecular weight is 429 g/mol. The quantitative estimate of drug-likeness (QED) is 0.667. The molecular weight excluding hydrogens is 401 g/mol. The summed E-state index contributed by atoms with van der Waals surface area (Å²) in [6.45, 7) is 3.14. The SMILES string of the molecule is Fc1ccc(C2=CC3c4ccccc4OC4(CC[NH+](Cc5ccccc5)CC4)N3N2)cc1. The highest BCUT2D eigenvalue weighted by Gasteiger charge is 2.52. The van der Waals surface area contributed by atoms with Gasteiger partial charge in [-0.2, -0.15) is 5.01 Å². The molecule has 1 saturated heterocycles. The molecule has 6 rings (SSSR count). The molecule has 1 atom stereocenters. The molecule has 0 aromatic heterocycles. The fourth-order valence-electron chi connectivity index (χ4n) is 5.31. The number of nitrogens with one attached hydrogen (secondary N) is 2. The summed E-state index contributed by atoms with van der Waals surface area (Å²) < 4.78 is 20.2. The number of hydrogen-bond acceptors (Lipinski definition) is 3. The first kappa shape index (κ1) is 19.5. The van der Waals surface area contributed by atoms with Crippen LogP contribution in [0.25, 0.3) is 5.70 Å². The van der Waals surface area contributed by atoms with E-state index >= 15 is 0 Å². The average Bonchev–Trinajstić information content (AvgIpc) is 3.29. The second kappa shape index (κ2) is 7.76. The van der Waals surface area contributed by atoms with Crippen LogP contribution in [0.15, 0.2) is 84.9 Å². The van der Waals surface area contributed by atoms with E-state index in [-0.39, 0.29) is 11.9 Å². The minimum atomic E-state index is -0.391. The Balaban J connectivity index is 1.28. The van der Waals surface area contributed by atoms with E-state index in [2.05, 4.69) is 65.0 Å². The van der Waals surface area contributed by atoms with Gasteiger partial charge in [0.25, 0.3) is 0 Å². The maximum Gasteiger partial charge on any atom is 0.191 e. The van der Waals surface area contributed by atoms with Gasteiger partial charge in [0.15, 0.2) is 5.72 Å². The molecule has 3 heterocycles. The molecule has 162 valence electrons. The van der Waals surface area contributed by atoms with Gasteiger partial charge < -0.3 is 15.1 Å². The highest BCUT2D eigenvalue weighted by Crippen LogP contribution is 2.47. The molecule has 3 aromatic rings. The van der Waals surface area contributed by atoms with Crippen molar-refractivity contribution >= 4 is 5.70 Å². The van der Waals surface area contributed by atoms with Crippen molar-refractivity contribution in [2.75, 3.05) is 13.1 Å². The molecule has 0 amide bonds. The van der Waals surface area contributed by atoms with Crippen molar-refractivity contribution < 1.29 is 14.0 Å². The Morgan fingerprint density at radius 2 is 1.66 bits per heavy atom. The summed E-state index contributed by atoms with van der Waals surface area (Å²) in [6.07, 6.45) is 4.13. The molecule has 0 radical (unpaired) electrons. The van der Waals surface area contributed by atoms with Crippen molar-refractivity contribution in [2.24, 2.45) is 0 Å². The van der Waals surface area contributed by atoms with Crippen LogP contribution in [0.4, 0.5) is 4.39 Å². The number of hydrazine groups is 1. The number of likely N-dealkylation sites (tertiary alicyclic amines) is 1. The Morgan fingerprint density at radius 1 is 0.938 bits per heavy atom. The summed E-state index contributed by atoms with van der Waals surface area (Å²) in [5.74, 6) is 0.752.